The van der Waals surface area contributed by atoms with Gasteiger partial charge in [0, 0.05) is 18.8 Å². The Bertz CT molecular complexity index is 800. The van der Waals surface area contributed by atoms with Crippen molar-refractivity contribution in [3.8, 4) is 0 Å². The number of rotatable bonds is 4. The molecule has 2 amide bonds. The van der Waals surface area contributed by atoms with Crippen molar-refractivity contribution in [1.29, 1.82) is 0 Å². The normalized spacial score (nSPS) is 10.4. The van der Waals surface area contributed by atoms with E-state index in [0.717, 1.165) is 17.0 Å². The molecule has 126 valence electrons. The summed E-state index contributed by atoms with van der Waals surface area (Å²) in [5.74, 6) is -3.02. The molecule has 0 aliphatic carbocycles. The van der Waals surface area contributed by atoms with Gasteiger partial charge in [-0.25, -0.2) is 8.78 Å². The maximum absolute atomic E-state index is 13.6. The third-order valence-electron chi connectivity index (χ3n) is 3.09. The number of likely N-dealkylation sites (N-methyl/N-ethyl adjacent to an activating group) is 1. The van der Waals surface area contributed by atoms with Crippen LogP contribution >= 0.6 is 23.2 Å². The van der Waals surface area contributed by atoms with Gasteiger partial charge in [0.05, 0.1) is 22.2 Å². The smallest absolute Gasteiger partial charge is 0.257 e. The molecule has 2 aromatic carbocycles. The predicted octanol–water partition coefficient (Wildman–Crippen LogP) is 3.98. The molecule has 0 spiro atoms. The van der Waals surface area contributed by atoms with E-state index in [9.17, 15) is 18.4 Å². The lowest BCUT2D eigenvalue weighted by Crippen LogP contribution is -2.35. The molecule has 2 aromatic rings. The van der Waals surface area contributed by atoms with Crippen LogP contribution in [0.5, 0.6) is 0 Å². The molecule has 1 N–H and O–H groups in total. The summed E-state index contributed by atoms with van der Waals surface area (Å²) in [5.41, 5.74) is 0.0875. The molecule has 0 aliphatic heterocycles. The highest BCUT2D eigenvalue weighted by molar-refractivity contribution is 6.42. The molecule has 8 heteroatoms. The minimum atomic E-state index is -0.989. The second-order valence-electron chi connectivity index (χ2n) is 4.96. The Hall–Kier alpha value is -2.18. The highest BCUT2D eigenvalue weighted by Gasteiger charge is 2.19. The van der Waals surface area contributed by atoms with Gasteiger partial charge in [0.15, 0.2) is 0 Å². The van der Waals surface area contributed by atoms with E-state index >= 15 is 0 Å². The SMILES string of the molecule is CN(CC(=O)Nc1ccc(Cl)c(Cl)c1)C(=O)c1ccc(F)cc1F. The molecule has 0 aromatic heterocycles. The summed E-state index contributed by atoms with van der Waals surface area (Å²) < 4.78 is 26.5. The number of hydrogen-bond donors (Lipinski definition) is 1. The predicted molar refractivity (Wildman–Crippen MR) is 88.4 cm³/mol. The Morgan fingerprint density at radius 1 is 1.08 bits per heavy atom. The third-order valence-corrected chi connectivity index (χ3v) is 3.83. The number of carbonyl (C=O) groups is 2. The number of nitrogens with zero attached hydrogens (tertiary/aromatic N) is 1. The van der Waals surface area contributed by atoms with Gasteiger partial charge in [-0.1, -0.05) is 23.2 Å². The van der Waals surface area contributed by atoms with Crippen LogP contribution in [0.25, 0.3) is 0 Å². The maximum Gasteiger partial charge on any atom is 0.257 e. The average molecular weight is 373 g/mol. The number of benzene rings is 2. The van der Waals surface area contributed by atoms with Crippen LogP contribution in [0, 0.1) is 11.6 Å². The summed E-state index contributed by atoms with van der Waals surface area (Å²) in [6.45, 7) is -0.324. The van der Waals surface area contributed by atoms with Crippen LogP contribution in [0.1, 0.15) is 10.4 Å². The van der Waals surface area contributed by atoms with E-state index in [1.54, 1.807) is 6.07 Å². The number of amides is 2. The summed E-state index contributed by atoms with van der Waals surface area (Å²) in [6, 6.07) is 7.14. The lowest BCUT2D eigenvalue weighted by atomic mass is 10.2. The van der Waals surface area contributed by atoms with Crippen molar-refractivity contribution < 1.29 is 18.4 Å². The van der Waals surface area contributed by atoms with Crippen molar-refractivity contribution in [1.82, 2.24) is 4.90 Å². The number of hydrogen-bond acceptors (Lipinski definition) is 2. The Kier molecular flexibility index (Phi) is 5.75. The second-order valence-corrected chi connectivity index (χ2v) is 5.78. The summed E-state index contributed by atoms with van der Waals surface area (Å²) >= 11 is 11.6. The largest absolute Gasteiger partial charge is 0.332 e. The van der Waals surface area contributed by atoms with E-state index < -0.39 is 23.4 Å². The zero-order valence-electron chi connectivity index (χ0n) is 12.4. The maximum atomic E-state index is 13.6. The molecule has 0 atom stereocenters. The molecule has 0 unspecified atom stereocenters. The van der Waals surface area contributed by atoms with Crippen molar-refractivity contribution in [3.63, 3.8) is 0 Å². The van der Waals surface area contributed by atoms with Crippen LogP contribution in [-0.2, 0) is 4.79 Å². The van der Waals surface area contributed by atoms with Crippen LogP contribution < -0.4 is 5.32 Å². The molecular formula is C16H12Cl2F2N2O2. The Morgan fingerprint density at radius 3 is 2.42 bits per heavy atom. The van der Waals surface area contributed by atoms with Crippen LogP contribution in [0.15, 0.2) is 36.4 Å². The van der Waals surface area contributed by atoms with E-state index in [1.165, 1.54) is 19.2 Å². The fourth-order valence-electron chi connectivity index (χ4n) is 1.93. The lowest BCUT2D eigenvalue weighted by Gasteiger charge is -2.17. The molecule has 0 heterocycles. The Morgan fingerprint density at radius 2 is 1.79 bits per heavy atom. The van der Waals surface area contributed by atoms with Crippen molar-refractivity contribution in [2.24, 2.45) is 0 Å². The van der Waals surface area contributed by atoms with Crippen LogP contribution in [0.2, 0.25) is 10.0 Å². The topological polar surface area (TPSA) is 49.4 Å². The second kappa shape index (κ2) is 7.59. The zero-order valence-corrected chi connectivity index (χ0v) is 14.0. The van der Waals surface area contributed by atoms with Gasteiger partial charge >= 0.3 is 0 Å². The first-order valence-electron chi connectivity index (χ1n) is 6.73. The standard InChI is InChI=1S/C16H12Cl2F2N2O2/c1-22(16(24)11-4-2-9(19)6-14(11)20)8-15(23)21-10-3-5-12(17)13(18)7-10/h2-7H,8H2,1H3,(H,21,23). The highest BCUT2D eigenvalue weighted by atomic mass is 35.5. The summed E-state index contributed by atoms with van der Waals surface area (Å²) in [7, 11) is 1.33. The summed E-state index contributed by atoms with van der Waals surface area (Å²) in [5, 5.41) is 3.15. The lowest BCUT2D eigenvalue weighted by molar-refractivity contribution is -0.116. The monoisotopic (exact) mass is 372 g/mol. The molecule has 0 saturated carbocycles. The highest BCUT2D eigenvalue weighted by Crippen LogP contribution is 2.25. The van der Waals surface area contributed by atoms with Crippen molar-refractivity contribution in [2.75, 3.05) is 18.9 Å². The minimum Gasteiger partial charge on any atom is -0.332 e. The Labute approximate surface area is 147 Å². The molecule has 0 fully saturated rings. The van der Waals surface area contributed by atoms with Crippen LogP contribution in [-0.4, -0.2) is 30.3 Å². The summed E-state index contributed by atoms with van der Waals surface area (Å²) in [4.78, 5) is 25.1. The zero-order chi connectivity index (χ0) is 17.9. The average Bonchev–Trinajstić information content (AvgIpc) is 2.50. The van der Waals surface area contributed by atoms with Crippen LogP contribution in [0.4, 0.5) is 14.5 Å². The molecule has 2 rings (SSSR count). The van der Waals surface area contributed by atoms with Gasteiger partial charge < -0.3 is 10.2 Å². The molecule has 0 radical (unpaired) electrons. The summed E-state index contributed by atoms with van der Waals surface area (Å²) in [6.07, 6.45) is 0. The first kappa shape index (κ1) is 18.2. The molecule has 4 nitrogen and oxygen atoms in total. The number of halogens is 4. The molecule has 24 heavy (non-hydrogen) atoms. The fourth-order valence-corrected chi connectivity index (χ4v) is 2.23. The van der Waals surface area contributed by atoms with Gasteiger partial charge in [-0.2, -0.15) is 0 Å². The molecule has 0 aliphatic rings. The van der Waals surface area contributed by atoms with E-state index in [1.807, 2.05) is 0 Å². The van der Waals surface area contributed by atoms with Gasteiger partial charge in [-0.05, 0) is 30.3 Å². The van der Waals surface area contributed by atoms with Gasteiger partial charge in [0.1, 0.15) is 11.6 Å². The number of nitrogens with one attached hydrogen (secondary N) is 1. The van der Waals surface area contributed by atoms with E-state index in [4.69, 9.17) is 23.2 Å². The van der Waals surface area contributed by atoms with E-state index in [0.29, 0.717) is 16.8 Å². The number of anilines is 1. The quantitative estimate of drug-likeness (QED) is 0.882. The van der Waals surface area contributed by atoms with Gasteiger partial charge in [0.25, 0.3) is 5.91 Å². The van der Waals surface area contributed by atoms with Crippen molar-refractivity contribution >= 4 is 40.7 Å². The van der Waals surface area contributed by atoms with Gasteiger partial charge in [-0.3, -0.25) is 9.59 Å². The molecule has 0 saturated heterocycles. The molecular weight excluding hydrogens is 361 g/mol. The first-order chi connectivity index (χ1) is 11.3. The van der Waals surface area contributed by atoms with Gasteiger partial charge in [-0.15, -0.1) is 0 Å². The van der Waals surface area contributed by atoms with E-state index in [2.05, 4.69) is 5.32 Å². The fraction of sp³-hybridized carbons (Fsp3) is 0.125. The van der Waals surface area contributed by atoms with E-state index in [-0.39, 0.29) is 17.1 Å². The first-order valence-corrected chi connectivity index (χ1v) is 7.49. The minimum absolute atomic E-state index is 0.271. The Balaban J connectivity index is 2.02. The third kappa shape index (κ3) is 4.43. The van der Waals surface area contributed by atoms with Crippen molar-refractivity contribution in [2.45, 2.75) is 0 Å². The van der Waals surface area contributed by atoms with Crippen LogP contribution in [0.3, 0.4) is 0 Å². The van der Waals surface area contributed by atoms with Gasteiger partial charge in [0.2, 0.25) is 5.91 Å². The molecule has 0 bridgehead atoms. The van der Waals surface area contributed by atoms with Crippen molar-refractivity contribution in [3.05, 3.63) is 63.6 Å². The number of carbonyl (C=O) groups excluding carboxylic acids is 2.